The highest BCUT2D eigenvalue weighted by Gasteiger charge is 2.18. The van der Waals surface area contributed by atoms with Gasteiger partial charge < -0.3 is 5.73 Å². The maximum atomic E-state index is 6.01. The Bertz CT molecular complexity index is 806. The number of allylic oxidation sites excluding steroid dienone is 5. The Morgan fingerprint density at radius 3 is 2.52 bits per heavy atom. The Morgan fingerprint density at radius 2 is 1.86 bits per heavy atom. The molecule has 21 heavy (non-hydrogen) atoms. The quantitative estimate of drug-likeness (QED) is 0.763. The molecule has 2 aromatic rings. The second-order valence-corrected chi connectivity index (χ2v) is 5.42. The molecule has 1 nitrogen and oxygen atoms in total. The standard InChI is InChI=1S/C20H19N/c1-4-14-6-9-18(13(14)3)15-7-10-19-16(12-15)8-11-20(21)17(19)5-2/h4-13H,1-2,21H2,3H3. The van der Waals surface area contributed by atoms with Crippen LogP contribution in [0, 0.1) is 5.92 Å². The normalized spacial score (nSPS) is 17.5. The van der Waals surface area contributed by atoms with Crippen molar-refractivity contribution < 1.29 is 0 Å². The van der Waals surface area contributed by atoms with E-state index in [1.807, 2.05) is 18.2 Å². The molecule has 2 aromatic carbocycles. The van der Waals surface area contributed by atoms with Gasteiger partial charge >= 0.3 is 0 Å². The predicted molar refractivity (Wildman–Crippen MR) is 93.9 cm³/mol. The van der Waals surface area contributed by atoms with Crippen molar-refractivity contribution in [1.82, 2.24) is 0 Å². The molecule has 1 aliphatic carbocycles. The smallest absolute Gasteiger partial charge is 0.0393 e. The maximum Gasteiger partial charge on any atom is 0.0393 e. The molecular formula is C20H19N. The van der Waals surface area contributed by atoms with Crippen molar-refractivity contribution in [2.45, 2.75) is 6.92 Å². The first-order valence-electron chi connectivity index (χ1n) is 7.15. The van der Waals surface area contributed by atoms with Crippen LogP contribution in [0.3, 0.4) is 0 Å². The summed E-state index contributed by atoms with van der Waals surface area (Å²) >= 11 is 0. The summed E-state index contributed by atoms with van der Waals surface area (Å²) < 4.78 is 0. The first-order valence-corrected chi connectivity index (χ1v) is 7.15. The molecule has 0 spiro atoms. The number of anilines is 1. The third-order valence-electron chi connectivity index (χ3n) is 4.29. The van der Waals surface area contributed by atoms with Crippen LogP contribution in [0.25, 0.3) is 22.4 Å². The first kappa shape index (κ1) is 13.4. The zero-order valence-corrected chi connectivity index (χ0v) is 12.3. The molecule has 0 saturated heterocycles. The Kier molecular flexibility index (Phi) is 3.26. The summed E-state index contributed by atoms with van der Waals surface area (Å²) in [5.74, 6) is 0.396. The van der Waals surface area contributed by atoms with Gasteiger partial charge in [0.15, 0.2) is 0 Å². The highest BCUT2D eigenvalue weighted by Crippen LogP contribution is 2.36. The first-order chi connectivity index (χ1) is 10.2. The molecule has 1 unspecified atom stereocenters. The summed E-state index contributed by atoms with van der Waals surface area (Å²) in [5, 5.41) is 2.34. The number of nitrogens with two attached hydrogens (primary N) is 1. The second kappa shape index (κ2) is 5.10. The van der Waals surface area contributed by atoms with E-state index in [4.69, 9.17) is 5.73 Å². The Hall–Kier alpha value is -2.54. The number of hydrogen-bond donors (Lipinski definition) is 1. The van der Waals surface area contributed by atoms with Gasteiger partial charge in [-0.15, -0.1) is 0 Å². The molecule has 2 N–H and O–H groups in total. The molecule has 0 fully saturated rings. The molecule has 1 atom stereocenters. The van der Waals surface area contributed by atoms with E-state index in [1.54, 1.807) is 0 Å². The van der Waals surface area contributed by atoms with Crippen molar-refractivity contribution in [3.8, 4) is 0 Å². The molecule has 1 heteroatoms. The van der Waals surface area contributed by atoms with Crippen molar-refractivity contribution in [2.75, 3.05) is 5.73 Å². The van der Waals surface area contributed by atoms with E-state index in [1.165, 1.54) is 22.1 Å². The second-order valence-electron chi connectivity index (χ2n) is 5.42. The third kappa shape index (κ3) is 2.11. The summed E-state index contributed by atoms with van der Waals surface area (Å²) in [7, 11) is 0. The highest BCUT2D eigenvalue weighted by molar-refractivity contribution is 5.97. The van der Waals surface area contributed by atoms with Gasteiger partial charge in [-0.25, -0.2) is 0 Å². The van der Waals surface area contributed by atoms with Crippen LogP contribution in [0.4, 0.5) is 5.69 Å². The van der Waals surface area contributed by atoms with Gasteiger partial charge in [-0.3, -0.25) is 0 Å². The van der Waals surface area contributed by atoms with Gasteiger partial charge in [0.05, 0.1) is 0 Å². The van der Waals surface area contributed by atoms with E-state index in [0.29, 0.717) is 5.92 Å². The molecule has 0 heterocycles. The van der Waals surface area contributed by atoms with Gasteiger partial charge in [0.25, 0.3) is 0 Å². The minimum Gasteiger partial charge on any atom is -0.398 e. The number of benzene rings is 2. The van der Waals surface area contributed by atoms with E-state index in [-0.39, 0.29) is 0 Å². The lowest BCUT2D eigenvalue weighted by Crippen LogP contribution is -1.97. The van der Waals surface area contributed by atoms with Crippen molar-refractivity contribution in [3.63, 3.8) is 0 Å². The van der Waals surface area contributed by atoms with Gasteiger partial charge in [0.1, 0.15) is 0 Å². The van der Waals surface area contributed by atoms with Crippen LogP contribution in [-0.2, 0) is 0 Å². The largest absolute Gasteiger partial charge is 0.398 e. The van der Waals surface area contributed by atoms with Crippen LogP contribution >= 0.6 is 0 Å². The summed E-state index contributed by atoms with van der Waals surface area (Å²) in [6.45, 7) is 9.96. The predicted octanol–water partition coefficient (Wildman–Crippen LogP) is 5.21. The van der Waals surface area contributed by atoms with Gasteiger partial charge in [-0.05, 0) is 39.6 Å². The topological polar surface area (TPSA) is 26.0 Å². The zero-order valence-electron chi connectivity index (χ0n) is 12.3. The lowest BCUT2D eigenvalue weighted by molar-refractivity contribution is 0.933. The van der Waals surface area contributed by atoms with E-state index >= 15 is 0 Å². The number of rotatable bonds is 3. The highest BCUT2D eigenvalue weighted by atomic mass is 14.6. The number of hydrogen-bond acceptors (Lipinski definition) is 1. The average molecular weight is 273 g/mol. The molecule has 0 radical (unpaired) electrons. The molecule has 0 saturated carbocycles. The lowest BCUT2D eigenvalue weighted by atomic mass is 9.90. The van der Waals surface area contributed by atoms with Gasteiger partial charge in [-0.1, -0.05) is 62.6 Å². The molecule has 3 rings (SSSR count). The summed E-state index contributed by atoms with van der Waals surface area (Å²) in [6, 6.07) is 10.5. The monoisotopic (exact) mass is 273 g/mol. The Labute approximate surface area is 125 Å². The van der Waals surface area contributed by atoms with Crippen molar-refractivity contribution >= 4 is 28.1 Å². The van der Waals surface area contributed by atoms with Gasteiger partial charge in [0, 0.05) is 17.2 Å². The van der Waals surface area contributed by atoms with E-state index in [9.17, 15) is 0 Å². The van der Waals surface area contributed by atoms with E-state index < -0.39 is 0 Å². The summed E-state index contributed by atoms with van der Waals surface area (Å²) in [5.41, 5.74) is 11.7. The molecule has 0 aromatic heterocycles. The fourth-order valence-corrected chi connectivity index (χ4v) is 3.02. The molecule has 0 aliphatic heterocycles. The molecule has 0 bridgehead atoms. The minimum atomic E-state index is 0.396. The molecular weight excluding hydrogens is 254 g/mol. The summed E-state index contributed by atoms with van der Waals surface area (Å²) in [6.07, 6.45) is 8.10. The SMILES string of the molecule is C=CC1=CC=C(c2ccc3c(C=C)c(N)ccc3c2)C1C. The lowest BCUT2D eigenvalue weighted by Gasteiger charge is -2.14. The number of nitrogen functional groups attached to an aromatic ring is 1. The minimum absolute atomic E-state index is 0.396. The Balaban J connectivity index is 2.10. The fraction of sp³-hybridized carbons (Fsp3) is 0.100. The zero-order chi connectivity index (χ0) is 15.0. The van der Waals surface area contributed by atoms with E-state index in [0.717, 1.165) is 16.6 Å². The van der Waals surface area contributed by atoms with Crippen LogP contribution in [0.5, 0.6) is 0 Å². The third-order valence-corrected chi connectivity index (χ3v) is 4.29. The molecule has 1 aliphatic rings. The molecule has 0 amide bonds. The van der Waals surface area contributed by atoms with Crippen LogP contribution in [0.1, 0.15) is 18.1 Å². The van der Waals surface area contributed by atoms with Crippen molar-refractivity contribution in [2.24, 2.45) is 5.92 Å². The molecule has 104 valence electrons. The maximum absolute atomic E-state index is 6.01. The van der Waals surface area contributed by atoms with Crippen LogP contribution in [0.2, 0.25) is 0 Å². The van der Waals surface area contributed by atoms with Gasteiger partial charge in [0.2, 0.25) is 0 Å². The average Bonchev–Trinajstić information content (AvgIpc) is 2.87. The van der Waals surface area contributed by atoms with Crippen molar-refractivity contribution in [1.29, 1.82) is 0 Å². The summed E-state index contributed by atoms with van der Waals surface area (Å²) in [4.78, 5) is 0. The van der Waals surface area contributed by atoms with E-state index in [2.05, 4.69) is 56.5 Å². The van der Waals surface area contributed by atoms with Gasteiger partial charge in [-0.2, -0.15) is 0 Å². The van der Waals surface area contributed by atoms with Crippen molar-refractivity contribution in [3.05, 3.63) is 78.4 Å². The van der Waals surface area contributed by atoms with Crippen LogP contribution < -0.4 is 5.73 Å². The van der Waals surface area contributed by atoms with Crippen LogP contribution in [0.15, 0.2) is 67.3 Å². The fourth-order valence-electron chi connectivity index (χ4n) is 3.02. The van der Waals surface area contributed by atoms with Crippen LogP contribution in [-0.4, -0.2) is 0 Å². The number of fused-ring (bicyclic) bond motifs is 1. The Morgan fingerprint density at radius 1 is 1.05 bits per heavy atom.